The zero-order chi connectivity index (χ0) is 10.1. The van der Waals surface area contributed by atoms with Crippen molar-refractivity contribution in [3.63, 3.8) is 0 Å². The fourth-order valence-electron chi connectivity index (χ4n) is 1.42. The number of carbonyl (C=O) groups is 2. The van der Waals surface area contributed by atoms with E-state index in [2.05, 4.69) is 10.6 Å². The van der Waals surface area contributed by atoms with Crippen LogP contribution in [0.3, 0.4) is 0 Å². The molecule has 2 N–H and O–H groups in total. The molecule has 72 valence electrons. The van der Waals surface area contributed by atoms with Crippen LogP contribution in [-0.4, -0.2) is 12.3 Å². The van der Waals surface area contributed by atoms with Crippen molar-refractivity contribution in [3.8, 4) is 0 Å². The van der Waals surface area contributed by atoms with Crippen molar-refractivity contribution in [2.75, 3.05) is 10.6 Å². The molecule has 0 saturated carbocycles. The number of hydrogen-bond donors (Lipinski definition) is 2. The van der Waals surface area contributed by atoms with Gasteiger partial charge in [-0.25, -0.2) is 0 Å². The minimum absolute atomic E-state index is 0.0562. The number of anilines is 2. The lowest BCUT2D eigenvalue weighted by Gasteiger charge is -2.05. The third-order valence-electron chi connectivity index (χ3n) is 2.03. The molecule has 0 saturated heterocycles. The van der Waals surface area contributed by atoms with Crippen molar-refractivity contribution in [1.29, 1.82) is 0 Å². The normalized spacial score (nSPS) is 13.4. The Morgan fingerprint density at radius 3 is 3.00 bits per heavy atom. The average Bonchev–Trinajstić information content (AvgIpc) is 2.45. The first kappa shape index (κ1) is 9.02. The summed E-state index contributed by atoms with van der Waals surface area (Å²) in [5.41, 5.74) is 2.09. The summed E-state index contributed by atoms with van der Waals surface area (Å²) >= 11 is 5.86. The molecule has 0 aliphatic carbocycles. The minimum atomic E-state index is -0.0562. The summed E-state index contributed by atoms with van der Waals surface area (Å²) < 4.78 is 0. The van der Waals surface area contributed by atoms with Crippen molar-refractivity contribution in [3.05, 3.63) is 22.7 Å². The monoisotopic (exact) mass is 210 g/mol. The highest BCUT2D eigenvalue weighted by Gasteiger charge is 2.19. The molecule has 0 fully saturated rings. The summed E-state index contributed by atoms with van der Waals surface area (Å²) in [5.74, 6) is -0.0562. The van der Waals surface area contributed by atoms with Crippen LogP contribution in [-0.2, 0) is 16.0 Å². The molecule has 1 aliphatic rings. The van der Waals surface area contributed by atoms with Gasteiger partial charge in [0.05, 0.1) is 17.1 Å². The van der Waals surface area contributed by atoms with E-state index >= 15 is 0 Å². The Morgan fingerprint density at radius 2 is 2.29 bits per heavy atom. The van der Waals surface area contributed by atoms with E-state index < -0.39 is 0 Å². The summed E-state index contributed by atoms with van der Waals surface area (Å²) in [6.07, 6.45) is 0.887. The molecule has 0 spiro atoms. The second kappa shape index (κ2) is 3.31. The molecule has 14 heavy (non-hydrogen) atoms. The highest BCUT2D eigenvalue weighted by atomic mass is 35.5. The number of nitrogens with one attached hydrogen (secondary N) is 2. The Bertz CT molecular complexity index is 417. The number of benzene rings is 1. The van der Waals surface area contributed by atoms with E-state index in [4.69, 9.17) is 11.6 Å². The highest BCUT2D eigenvalue weighted by Crippen LogP contribution is 2.32. The summed E-state index contributed by atoms with van der Waals surface area (Å²) in [6, 6.07) is 3.33. The molecule has 2 amide bonds. The number of amides is 2. The topological polar surface area (TPSA) is 58.2 Å². The van der Waals surface area contributed by atoms with Gasteiger partial charge in [-0.2, -0.15) is 0 Å². The lowest BCUT2D eigenvalue weighted by molar-refractivity contribution is -0.115. The van der Waals surface area contributed by atoms with E-state index in [0.29, 0.717) is 23.5 Å². The molecular formula is C9H7ClN2O2. The molecule has 1 aromatic rings. The van der Waals surface area contributed by atoms with Gasteiger partial charge in [0.15, 0.2) is 0 Å². The minimum Gasteiger partial charge on any atom is -0.327 e. The number of carbonyl (C=O) groups excluding carboxylic acids is 2. The van der Waals surface area contributed by atoms with Crippen molar-refractivity contribution in [1.82, 2.24) is 0 Å². The van der Waals surface area contributed by atoms with Gasteiger partial charge in [-0.15, -0.1) is 0 Å². The lowest BCUT2D eigenvalue weighted by atomic mass is 10.1. The third kappa shape index (κ3) is 1.44. The molecule has 4 nitrogen and oxygen atoms in total. The van der Waals surface area contributed by atoms with Crippen LogP contribution in [0.15, 0.2) is 12.1 Å². The summed E-state index contributed by atoms with van der Waals surface area (Å²) in [7, 11) is 0. The van der Waals surface area contributed by atoms with Gasteiger partial charge in [-0.3, -0.25) is 9.59 Å². The maximum Gasteiger partial charge on any atom is 0.228 e. The maximum atomic E-state index is 11.0. The fourth-order valence-corrected chi connectivity index (χ4v) is 1.64. The van der Waals surface area contributed by atoms with Crippen LogP contribution in [0.2, 0.25) is 5.02 Å². The Labute approximate surface area is 85.2 Å². The molecule has 0 atom stereocenters. The van der Waals surface area contributed by atoms with Crippen LogP contribution in [0, 0.1) is 0 Å². The van der Waals surface area contributed by atoms with Crippen LogP contribution >= 0.6 is 11.6 Å². The predicted molar refractivity (Wildman–Crippen MR) is 53.5 cm³/mol. The second-order valence-electron chi connectivity index (χ2n) is 2.98. The fraction of sp³-hybridized carbons (Fsp3) is 0.111. The molecule has 5 heteroatoms. The molecule has 2 rings (SSSR count). The van der Waals surface area contributed by atoms with Crippen molar-refractivity contribution >= 4 is 35.3 Å². The van der Waals surface area contributed by atoms with E-state index in [9.17, 15) is 9.59 Å². The second-order valence-corrected chi connectivity index (χ2v) is 3.38. The molecule has 0 aromatic heterocycles. The van der Waals surface area contributed by atoms with E-state index in [0.717, 1.165) is 11.3 Å². The van der Waals surface area contributed by atoms with Crippen molar-refractivity contribution < 1.29 is 9.59 Å². The summed E-state index contributed by atoms with van der Waals surface area (Å²) in [5, 5.41) is 5.55. The van der Waals surface area contributed by atoms with E-state index in [1.807, 2.05) is 0 Å². The van der Waals surface area contributed by atoms with Crippen LogP contribution in [0.4, 0.5) is 11.4 Å². The zero-order valence-electron chi connectivity index (χ0n) is 7.13. The molecule has 1 aromatic carbocycles. The number of fused-ring (bicyclic) bond motifs is 1. The van der Waals surface area contributed by atoms with E-state index in [1.54, 1.807) is 12.1 Å². The van der Waals surface area contributed by atoms with Gasteiger partial charge in [0.2, 0.25) is 12.3 Å². The average molecular weight is 211 g/mol. The van der Waals surface area contributed by atoms with Gasteiger partial charge in [-0.05, 0) is 17.7 Å². The van der Waals surface area contributed by atoms with E-state index in [1.165, 1.54) is 0 Å². The number of hydrogen-bond acceptors (Lipinski definition) is 2. The highest BCUT2D eigenvalue weighted by molar-refractivity contribution is 6.34. The molecule has 0 unspecified atom stereocenters. The molecule has 0 radical (unpaired) electrons. The van der Waals surface area contributed by atoms with Gasteiger partial charge < -0.3 is 10.6 Å². The molecule has 1 aliphatic heterocycles. The predicted octanol–water partition coefficient (Wildman–Crippen LogP) is 1.40. The molecule has 0 bridgehead atoms. The van der Waals surface area contributed by atoms with Crippen LogP contribution in [0.1, 0.15) is 5.56 Å². The maximum absolute atomic E-state index is 11.0. The van der Waals surface area contributed by atoms with Gasteiger partial charge in [0.25, 0.3) is 0 Å². The smallest absolute Gasteiger partial charge is 0.228 e. The SMILES string of the molecule is O=CNc1cc2c(cc1Cl)NC(=O)C2. The Morgan fingerprint density at radius 1 is 1.50 bits per heavy atom. The van der Waals surface area contributed by atoms with Crippen LogP contribution in [0.25, 0.3) is 0 Å². The molecular weight excluding hydrogens is 204 g/mol. The Kier molecular flexibility index (Phi) is 2.13. The first-order valence-corrected chi connectivity index (χ1v) is 4.41. The van der Waals surface area contributed by atoms with Gasteiger partial charge in [-0.1, -0.05) is 11.6 Å². The summed E-state index contributed by atoms with van der Waals surface area (Å²) in [6.45, 7) is 0. The molecule has 1 heterocycles. The standard InChI is InChI=1S/C9H7ClN2O2/c10-6-3-7-5(2-9(14)12-7)1-8(6)11-4-13/h1,3-4H,2H2,(H,11,13)(H,12,14). The third-order valence-corrected chi connectivity index (χ3v) is 2.35. The largest absolute Gasteiger partial charge is 0.327 e. The number of halogens is 1. The van der Waals surface area contributed by atoms with Gasteiger partial charge >= 0.3 is 0 Å². The summed E-state index contributed by atoms with van der Waals surface area (Å²) in [4.78, 5) is 21.3. The van der Waals surface area contributed by atoms with Gasteiger partial charge in [0.1, 0.15) is 0 Å². The zero-order valence-corrected chi connectivity index (χ0v) is 7.89. The van der Waals surface area contributed by atoms with Crippen LogP contribution < -0.4 is 10.6 Å². The van der Waals surface area contributed by atoms with Crippen molar-refractivity contribution in [2.24, 2.45) is 0 Å². The van der Waals surface area contributed by atoms with Crippen LogP contribution in [0.5, 0.6) is 0 Å². The Hall–Kier alpha value is -1.55. The van der Waals surface area contributed by atoms with E-state index in [-0.39, 0.29) is 5.91 Å². The number of rotatable bonds is 2. The Balaban J connectivity index is 2.44. The first-order chi connectivity index (χ1) is 6.70. The lowest BCUT2D eigenvalue weighted by Crippen LogP contribution is -2.03. The van der Waals surface area contributed by atoms with Gasteiger partial charge in [0, 0.05) is 5.69 Å². The quantitative estimate of drug-likeness (QED) is 0.725. The van der Waals surface area contributed by atoms with Crippen molar-refractivity contribution in [2.45, 2.75) is 6.42 Å². The first-order valence-electron chi connectivity index (χ1n) is 4.03.